The van der Waals surface area contributed by atoms with E-state index in [1.54, 1.807) is 0 Å². The summed E-state index contributed by atoms with van der Waals surface area (Å²) in [5, 5.41) is 3.51. The van der Waals surface area contributed by atoms with Crippen LogP contribution in [-0.4, -0.2) is 55.0 Å². The van der Waals surface area contributed by atoms with Crippen LogP contribution in [0, 0.1) is 11.3 Å². The molecule has 0 spiro atoms. The van der Waals surface area contributed by atoms with Crippen LogP contribution in [0.4, 0.5) is 0 Å². The van der Waals surface area contributed by atoms with Gasteiger partial charge in [-0.3, -0.25) is 9.69 Å². The van der Waals surface area contributed by atoms with Crippen molar-refractivity contribution in [3.63, 3.8) is 0 Å². The number of fused-ring (bicyclic) bond motifs is 1. The number of hydrogen-bond donors (Lipinski definition) is 1. The summed E-state index contributed by atoms with van der Waals surface area (Å²) >= 11 is 0. The zero-order chi connectivity index (χ0) is 16.4. The summed E-state index contributed by atoms with van der Waals surface area (Å²) in [5.41, 5.74) is 1.28. The van der Waals surface area contributed by atoms with Gasteiger partial charge in [-0.05, 0) is 30.9 Å². The normalized spacial score (nSPS) is 28.6. The molecule has 3 aliphatic rings. The van der Waals surface area contributed by atoms with Gasteiger partial charge in [0.1, 0.15) is 0 Å². The molecular weight excluding hydrogens is 369 g/mol. The molecule has 0 radical (unpaired) electrons. The van der Waals surface area contributed by atoms with Crippen molar-refractivity contribution in [2.24, 2.45) is 11.3 Å². The zero-order valence-corrected chi connectivity index (χ0v) is 17.0. The smallest absolute Gasteiger partial charge is 0.230 e. The molecule has 1 saturated carbocycles. The molecule has 1 aromatic rings. The van der Waals surface area contributed by atoms with Crippen LogP contribution in [-0.2, 0) is 11.3 Å². The second-order valence-corrected chi connectivity index (χ2v) is 7.78. The van der Waals surface area contributed by atoms with E-state index < -0.39 is 0 Å². The summed E-state index contributed by atoms with van der Waals surface area (Å²) in [6.45, 7) is 6.71. The average Bonchev–Trinajstić information content (AvgIpc) is 3.08. The molecule has 146 valence electrons. The number of piperazine rings is 1. The maximum atomic E-state index is 13.3. The molecule has 0 aromatic heterocycles. The Morgan fingerprint density at radius 1 is 1.08 bits per heavy atom. The number of hydrogen-bond acceptors (Lipinski definition) is 3. The summed E-state index contributed by atoms with van der Waals surface area (Å²) in [5.74, 6) is 1.01. The Hall–Kier alpha value is -0.810. The van der Waals surface area contributed by atoms with Crippen LogP contribution >= 0.6 is 24.8 Å². The summed E-state index contributed by atoms with van der Waals surface area (Å²) in [4.78, 5) is 17.9. The molecule has 2 aliphatic heterocycles. The molecule has 1 aromatic carbocycles. The van der Waals surface area contributed by atoms with Gasteiger partial charge in [0.25, 0.3) is 0 Å². The van der Waals surface area contributed by atoms with Crippen molar-refractivity contribution in [1.82, 2.24) is 15.1 Å². The third kappa shape index (κ3) is 4.19. The molecule has 6 heteroatoms. The molecule has 2 heterocycles. The van der Waals surface area contributed by atoms with Crippen molar-refractivity contribution in [2.45, 2.75) is 32.2 Å². The van der Waals surface area contributed by atoms with Crippen LogP contribution in [0.5, 0.6) is 0 Å². The fraction of sp³-hybridized carbons (Fsp3) is 0.650. The number of benzene rings is 1. The predicted octanol–water partition coefficient (Wildman–Crippen LogP) is 2.95. The Morgan fingerprint density at radius 3 is 2.54 bits per heavy atom. The van der Waals surface area contributed by atoms with Gasteiger partial charge >= 0.3 is 0 Å². The molecule has 4 nitrogen and oxygen atoms in total. The molecule has 0 bridgehead atoms. The summed E-state index contributed by atoms with van der Waals surface area (Å²) in [6, 6.07) is 10.6. The van der Waals surface area contributed by atoms with Crippen molar-refractivity contribution in [1.29, 1.82) is 0 Å². The highest BCUT2D eigenvalue weighted by molar-refractivity contribution is 5.85. The molecule has 0 unspecified atom stereocenters. The van der Waals surface area contributed by atoms with Crippen LogP contribution in [0.1, 0.15) is 31.2 Å². The van der Waals surface area contributed by atoms with Gasteiger partial charge in [-0.2, -0.15) is 0 Å². The van der Waals surface area contributed by atoms with Crippen molar-refractivity contribution < 1.29 is 4.79 Å². The molecule has 1 aliphatic carbocycles. The zero-order valence-electron chi connectivity index (χ0n) is 15.4. The number of rotatable bonds is 3. The number of nitrogens with zero attached hydrogens (tertiary/aromatic N) is 2. The number of carbonyl (C=O) groups excluding carboxylic acids is 1. The quantitative estimate of drug-likeness (QED) is 0.848. The summed E-state index contributed by atoms with van der Waals surface area (Å²) < 4.78 is 0. The fourth-order valence-corrected chi connectivity index (χ4v) is 4.93. The van der Waals surface area contributed by atoms with Gasteiger partial charge in [0.15, 0.2) is 0 Å². The summed E-state index contributed by atoms with van der Waals surface area (Å²) in [6.07, 6.45) is 4.84. The van der Waals surface area contributed by atoms with Gasteiger partial charge < -0.3 is 10.2 Å². The Bertz CT molecular complexity index is 578. The van der Waals surface area contributed by atoms with Gasteiger partial charge in [-0.25, -0.2) is 0 Å². The second kappa shape index (κ2) is 9.41. The highest BCUT2D eigenvalue weighted by Gasteiger charge is 2.51. The molecule has 2 saturated heterocycles. The first kappa shape index (κ1) is 21.5. The van der Waals surface area contributed by atoms with Gasteiger partial charge in [0.05, 0.1) is 5.41 Å². The molecule has 1 amide bonds. The minimum Gasteiger partial charge on any atom is -0.340 e. The molecule has 1 N–H and O–H groups in total. The van der Waals surface area contributed by atoms with Crippen LogP contribution in [0.3, 0.4) is 0 Å². The minimum atomic E-state index is -0.0835. The van der Waals surface area contributed by atoms with E-state index >= 15 is 0 Å². The van der Waals surface area contributed by atoms with Crippen LogP contribution in [0.25, 0.3) is 0 Å². The largest absolute Gasteiger partial charge is 0.340 e. The maximum Gasteiger partial charge on any atom is 0.230 e. The number of carbonyl (C=O) groups is 1. The monoisotopic (exact) mass is 399 g/mol. The van der Waals surface area contributed by atoms with E-state index in [-0.39, 0.29) is 30.2 Å². The first-order chi connectivity index (χ1) is 11.8. The Balaban J connectivity index is 0.00000121. The maximum absolute atomic E-state index is 13.3. The molecule has 4 rings (SSSR count). The fourth-order valence-electron chi connectivity index (χ4n) is 4.93. The van der Waals surface area contributed by atoms with E-state index in [1.165, 1.54) is 24.8 Å². The summed E-state index contributed by atoms with van der Waals surface area (Å²) in [7, 11) is 0. The van der Waals surface area contributed by atoms with Crippen LogP contribution in [0.2, 0.25) is 0 Å². The standard InChI is InChI=1S/C20H29N3O.2ClH/c24-19(20-9-5-4-8-18(20)14-21-16-20)23-12-10-22(11-13-23)15-17-6-2-1-3-7-17;;/h1-3,6-7,18,21H,4-5,8-16H2;2*1H/t18-,20+;;/m0../s1. The Labute approximate surface area is 169 Å². The van der Waals surface area contributed by atoms with Crippen LogP contribution < -0.4 is 5.32 Å². The second-order valence-electron chi connectivity index (χ2n) is 7.78. The lowest BCUT2D eigenvalue weighted by atomic mass is 9.67. The molecule has 26 heavy (non-hydrogen) atoms. The Kier molecular flexibility index (Phi) is 7.77. The molecular formula is C20H31Cl2N3O. The van der Waals surface area contributed by atoms with E-state index in [2.05, 4.69) is 45.4 Å². The SMILES string of the molecule is Cl.Cl.O=C(N1CCN(Cc2ccccc2)CC1)[C@@]12CCCC[C@H]1CNC2. The first-order valence-electron chi connectivity index (χ1n) is 9.54. The molecule has 2 atom stereocenters. The van der Waals surface area contributed by atoms with Gasteiger partial charge in [0, 0.05) is 39.3 Å². The lowest BCUT2D eigenvalue weighted by molar-refractivity contribution is -0.147. The van der Waals surface area contributed by atoms with Crippen molar-refractivity contribution >= 4 is 30.7 Å². The van der Waals surface area contributed by atoms with E-state index in [0.717, 1.165) is 52.2 Å². The van der Waals surface area contributed by atoms with Gasteiger partial charge in [-0.15, -0.1) is 24.8 Å². The topological polar surface area (TPSA) is 35.6 Å². The highest BCUT2D eigenvalue weighted by Crippen LogP contribution is 2.45. The number of amides is 1. The van der Waals surface area contributed by atoms with Gasteiger partial charge in [0.2, 0.25) is 5.91 Å². The first-order valence-corrected chi connectivity index (χ1v) is 9.54. The van der Waals surface area contributed by atoms with E-state index in [0.29, 0.717) is 11.8 Å². The number of halogens is 2. The lowest BCUT2D eigenvalue weighted by Gasteiger charge is -2.43. The Morgan fingerprint density at radius 2 is 1.81 bits per heavy atom. The highest BCUT2D eigenvalue weighted by atomic mass is 35.5. The van der Waals surface area contributed by atoms with Gasteiger partial charge in [-0.1, -0.05) is 43.2 Å². The number of nitrogens with one attached hydrogen (secondary N) is 1. The van der Waals surface area contributed by atoms with E-state index in [9.17, 15) is 4.79 Å². The van der Waals surface area contributed by atoms with Crippen molar-refractivity contribution in [3.05, 3.63) is 35.9 Å². The third-order valence-electron chi connectivity index (χ3n) is 6.37. The van der Waals surface area contributed by atoms with Crippen molar-refractivity contribution in [3.8, 4) is 0 Å². The van der Waals surface area contributed by atoms with Crippen molar-refractivity contribution in [2.75, 3.05) is 39.3 Å². The van der Waals surface area contributed by atoms with Crippen LogP contribution in [0.15, 0.2) is 30.3 Å². The lowest BCUT2D eigenvalue weighted by Crippen LogP contribution is -2.55. The third-order valence-corrected chi connectivity index (χ3v) is 6.37. The van der Waals surface area contributed by atoms with E-state index in [4.69, 9.17) is 0 Å². The molecule has 3 fully saturated rings. The average molecular weight is 400 g/mol. The van der Waals surface area contributed by atoms with E-state index in [1.807, 2.05) is 0 Å². The predicted molar refractivity (Wildman–Crippen MR) is 110 cm³/mol. The minimum absolute atomic E-state index is 0.